The first kappa shape index (κ1) is 12.8. The number of nitrogen functional groups attached to an aromatic ring is 1. The lowest BCUT2D eigenvalue weighted by molar-refractivity contribution is 0.520. The number of hydrogen-bond acceptors (Lipinski definition) is 3. The highest BCUT2D eigenvalue weighted by molar-refractivity contribution is 5.50. The number of anilines is 2. The van der Waals surface area contributed by atoms with E-state index in [1.54, 1.807) is 6.20 Å². The first-order valence-electron chi connectivity index (χ1n) is 6.06. The van der Waals surface area contributed by atoms with E-state index in [1.165, 1.54) is 19.3 Å². The molecule has 1 aromatic heterocycles. The molecule has 0 bridgehead atoms. The molecule has 1 aromatic rings. The highest BCUT2D eigenvalue weighted by Gasteiger charge is 2.03. The Bertz CT molecular complexity index is 310. The Kier molecular flexibility index (Phi) is 5.09. The van der Waals surface area contributed by atoms with Crippen molar-refractivity contribution in [2.45, 2.75) is 46.1 Å². The Hall–Kier alpha value is -1.25. The molecule has 0 saturated heterocycles. The molecule has 0 aliphatic rings. The van der Waals surface area contributed by atoms with Crippen LogP contribution in [0.3, 0.4) is 0 Å². The van der Waals surface area contributed by atoms with Crippen molar-refractivity contribution in [1.29, 1.82) is 0 Å². The summed E-state index contributed by atoms with van der Waals surface area (Å²) in [5.41, 5.74) is 6.68. The van der Waals surface area contributed by atoms with Gasteiger partial charge in [0.1, 0.15) is 5.82 Å². The van der Waals surface area contributed by atoms with E-state index in [4.69, 9.17) is 5.73 Å². The summed E-state index contributed by atoms with van der Waals surface area (Å²) in [6.45, 7) is 6.74. The predicted octanol–water partition coefficient (Wildman–Crippen LogP) is 3.29. The Balaban J connectivity index is 2.31. The number of hydrogen-bond donors (Lipinski definition) is 2. The summed E-state index contributed by atoms with van der Waals surface area (Å²) in [5.74, 6) is 1.36. The van der Waals surface area contributed by atoms with Crippen LogP contribution in [0.15, 0.2) is 18.3 Å². The van der Waals surface area contributed by atoms with Gasteiger partial charge in [-0.3, -0.25) is 0 Å². The van der Waals surface area contributed by atoms with Crippen molar-refractivity contribution in [1.82, 2.24) is 4.98 Å². The average molecular weight is 221 g/mol. The van der Waals surface area contributed by atoms with Gasteiger partial charge in [-0.1, -0.05) is 26.7 Å². The molecule has 1 atom stereocenters. The van der Waals surface area contributed by atoms with Crippen LogP contribution in [0.25, 0.3) is 0 Å². The summed E-state index contributed by atoms with van der Waals surface area (Å²) in [4.78, 5) is 3.97. The maximum atomic E-state index is 5.62. The van der Waals surface area contributed by atoms with Crippen molar-refractivity contribution in [2.75, 3.05) is 11.1 Å². The van der Waals surface area contributed by atoms with Gasteiger partial charge in [0.15, 0.2) is 0 Å². The molecule has 0 saturated carbocycles. The molecule has 0 amide bonds. The predicted molar refractivity (Wildman–Crippen MR) is 70.4 cm³/mol. The minimum Gasteiger partial charge on any atom is -0.384 e. The molecule has 0 aliphatic carbocycles. The molecule has 0 aliphatic heterocycles. The SMILES string of the molecule is CC(C)CCCC(C)Nc1ccnc(N)c1. The van der Waals surface area contributed by atoms with Crippen molar-refractivity contribution in [3.63, 3.8) is 0 Å². The number of nitrogens with one attached hydrogen (secondary N) is 1. The third-order valence-electron chi connectivity index (χ3n) is 2.61. The van der Waals surface area contributed by atoms with Crippen LogP contribution >= 0.6 is 0 Å². The van der Waals surface area contributed by atoms with E-state index in [9.17, 15) is 0 Å². The molecular weight excluding hydrogens is 198 g/mol. The maximum absolute atomic E-state index is 5.62. The third kappa shape index (κ3) is 5.01. The van der Waals surface area contributed by atoms with Crippen LogP contribution in [0.1, 0.15) is 40.0 Å². The van der Waals surface area contributed by atoms with Crippen molar-refractivity contribution >= 4 is 11.5 Å². The monoisotopic (exact) mass is 221 g/mol. The van der Waals surface area contributed by atoms with E-state index in [0.717, 1.165) is 11.6 Å². The Morgan fingerprint density at radius 3 is 2.69 bits per heavy atom. The second-order valence-electron chi connectivity index (χ2n) is 4.84. The summed E-state index contributed by atoms with van der Waals surface area (Å²) < 4.78 is 0. The Labute approximate surface area is 98.5 Å². The largest absolute Gasteiger partial charge is 0.384 e. The van der Waals surface area contributed by atoms with E-state index in [-0.39, 0.29) is 0 Å². The fourth-order valence-corrected chi connectivity index (χ4v) is 1.73. The van der Waals surface area contributed by atoms with E-state index in [2.05, 4.69) is 31.1 Å². The summed E-state index contributed by atoms with van der Waals surface area (Å²) in [6, 6.07) is 4.31. The molecule has 1 heterocycles. The Morgan fingerprint density at radius 2 is 2.06 bits per heavy atom. The molecular formula is C13H23N3. The fraction of sp³-hybridized carbons (Fsp3) is 0.615. The summed E-state index contributed by atoms with van der Waals surface area (Å²) >= 11 is 0. The van der Waals surface area contributed by atoms with Crippen LogP contribution in [0.2, 0.25) is 0 Å². The van der Waals surface area contributed by atoms with Gasteiger partial charge in [0, 0.05) is 24.0 Å². The molecule has 0 spiro atoms. The van der Waals surface area contributed by atoms with Crippen LogP contribution in [-0.2, 0) is 0 Å². The van der Waals surface area contributed by atoms with Gasteiger partial charge in [-0.15, -0.1) is 0 Å². The fourth-order valence-electron chi connectivity index (χ4n) is 1.73. The molecule has 1 rings (SSSR count). The summed E-state index contributed by atoms with van der Waals surface area (Å²) in [7, 11) is 0. The molecule has 3 N–H and O–H groups in total. The van der Waals surface area contributed by atoms with Gasteiger partial charge in [-0.25, -0.2) is 4.98 Å². The zero-order chi connectivity index (χ0) is 12.0. The molecule has 90 valence electrons. The van der Waals surface area contributed by atoms with E-state index in [0.29, 0.717) is 11.9 Å². The first-order chi connectivity index (χ1) is 7.58. The number of nitrogens with two attached hydrogens (primary N) is 1. The van der Waals surface area contributed by atoms with Crippen molar-refractivity contribution in [2.24, 2.45) is 5.92 Å². The van der Waals surface area contributed by atoms with Crippen LogP contribution < -0.4 is 11.1 Å². The van der Waals surface area contributed by atoms with Crippen LogP contribution in [-0.4, -0.2) is 11.0 Å². The topological polar surface area (TPSA) is 50.9 Å². The lowest BCUT2D eigenvalue weighted by atomic mass is 10.0. The minimum absolute atomic E-state index is 0.487. The highest BCUT2D eigenvalue weighted by Crippen LogP contribution is 2.14. The summed E-state index contributed by atoms with van der Waals surface area (Å²) in [5, 5.41) is 3.44. The molecule has 1 unspecified atom stereocenters. The second kappa shape index (κ2) is 6.36. The van der Waals surface area contributed by atoms with Gasteiger partial charge in [0.25, 0.3) is 0 Å². The number of rotatable bonds is 6. The van der Waals surface area contributed by atoms with Gasteiger partial charge in [-0.05, 0) is 25.3 Å². The first-order valence-corrected chi connectivity index (χ1v) is 6.06. The maximum Gasteiger partial charge on any atom is 0.125 e. The average Bonchev–Trinajstić information content (AvgIpc) is 2.16. The molecule has 0 fully saturated rings. The second-order valence-corrected chi connectivity index (χ2v) is 4.84. The van der Waals surface area contributed by atoms with Gasteiger partial charge in [0.2, 0.25) is 0 Å². The summed E-state index contributed by atoms with van der Waals surface area (Å²) in [6.07, 6.45) is 5.50. The van der Waals surface area contributed by atoms with Crippen molar-refractivity contribution in [3.05, 3.63) is 18.3 Å². The Morgan fingerprint density at radius 1 is 1.31 bits per heavy atom. The van der Waals surface area contributed by atoms with Gasteiger partial charge in [0.05, 0.1) is 0 Å². The van der Waals surface area contributed by atoms with E-state index in [1.807, 2.05) is 12.1 Å². The van der Waals surface area contributed by atoms with E-state index < -0.39 is 0 Å². The molecule has 0 aromatic carbocycles. The van der Waals surface area contributed by atoms with Gasteiger partial charge >= 0.3 is 0 Å². The normalized spacial score (nSPS) is 12.8. The number of pyridine rings is 1. The zero-order valence-electron chi connectivity index (χ0n) is 10.5. The van der Waals surface area contributed by atoms with Crippen molar-refractivity contribution < 1.29 is 0 Å². The highest BCUT2D eigenvalue weighted by atomic mass is 14.9. The molecule has 3 heteroatoms. The smallest absolute Gasteiger partial charge is 0.125 e. The standard InChI is InChI=1S/C13H23N3/c1-10(2)5-4-6-11(3)16-12-7-8-15-13(14)9-12/h7-11H,4-6H2,1-3H3,(H3,14,15,16). The quantitative estimate of drug-likeness (QED) is 0.775. The van der Waals surface area contributed by atoms with Crippen LogP contribution in [0.5, 0.6) is 0 Å². The van der Waals surface area contributed by atoms with Crippen LogP contribution in [0, 0.1) is 5.92 Å². The zero-order valence-corrected chi connectivity index (χ0v) is 10.5. The number of nitrogens with zero attached hydrogens (tertiary/aromatic N) is 1. The van der Waals surface area contributed by atoms with Crippen molar-refractivity contribution in [3.8, 4) is 0 Å². The molecule has 0 radical (unpaired) electrons. The van der Waals surface area contributed by atoms with Gasteiger partial charge in [-0.2, -0.15) is 0 Å². The third-order valence-corrected chi connectivity index (χ3v) is 2.61. The lowest BCUT2D eigenvalue weighted by Gasteiger charge is -2.15. The molecule has 3 nitrogen and oxygen atoms in total. The number of aromatic nitrogens is 1. The van der Waals surface area contributed by atoms with E-state index >= 15 is 0 Å². The minimum atomic E-state index is 0.487. The van der Waals surface area contributed by atoms with Gasteiger partial charge < -0.3 is 11.1 Å². The molecule has 16 heavy (non-hydrogen) atoms. The lowest BCUT2D eigenvalue weighted by Crippen LogP contribution is -2.15. The van der Waals surface area contributed by atoms with Crippen LogP contribution in [0.4, 0.5) is 11.5 Å².